The topological polar surface area (TPSA) is 52.1 Å². The lowest BCUT2D eigenvalue weighted by Gasteiger charge is -2.20. The minimum absolute atomic E-state index is 0.0113. The predicted octanol–water partition coefficient (Wildman–Crippen LogP) is 2.21. The SMILES string of the molecule is O=Cc1cc(C2=CC3CCOC3C(Cl)=C2)ncn1. The molecule has 1 fully saturated rings. The van der Waals surface area contributed by atoms with E-state index in [9.17, 15) is 4.79 Å². The van der Waals surface area contributed by atoms with Crippen LogP contribution in [0.25, 0.3) is 5.57 Å². The van der Waals surface area contributed by atoms with Crippen LogP contribution in [0.3, 0.4) is 0 Å². The lowest BCUT2D eigenvalue weighted by Crippen LogP contribution is -2.18. The zero-order valence-electron chi connectivity index (χ0n) is 9.54. The van der Waals surface area contributed by atoms with Crippen molar-refractivity contribution < 1.29 is 9.53 Å². The first kappa shape index (κ1) is 11.6. The van der Waals surface area contributed by atoms with E-state index in [0.29, 0.717) is 22.9 Å². The standard InChI is InChI=1S/C13H11ClN2O2/c14-11-4-9(3-8-1-2-18-13(8)11)12-5-10(6-17)15-7-16-12/h3-8,13H,1-2H2. The number of hydrogen-bond acceptors (Lipinski definition) is 4. The number of halogens is 1. The van der Waals surface area contributed by atoms with E-state index in [1.54, 1.807) is 6.07 Å². The van der Waals surface area contributed by atoms with Gasteiger partial charge in [0.25, 0.3) is 0 Å². The van der Waals surface area contributed by atoms with Crippen molar-refractivity contribution in [3.8, 4) is 0 Å². The highest BCUT2D eigenvalue weighted by Crippen LogP contribution is 2.37. The fourth-order valence-corrected chi connectivity index (χ4v) is 2.67. The fraction of sp³-hybridized carbons (Fsp3) is 0.308. The van der Waals surface area contributed by atoms with Gasteiger partial charge in [-0.25, -0.2) is 9.97 Å². The van der Waals surface area contributed by atoms with Gasteiger partial charge in [0.15, 0.2) is 6.29 Å². The molecule has 0 bridgehead atoms. The van der Waals surface area contributed by atoms with Crippen LogP contribution in [0, 0.1) is 5.92 Å². The van der Waals surface area contributed by atoms with E-state index in [-0.39, 0.29) is 6.10 Å². The third-order valence-electron chi connectivity index (χ3n) is 3.20. The van der Waals surface area contributed by atoms with Crippen LogP contribution >= 0.6 is 11.6 Å². The van der Waals surface area contributed by atoms with Crippen LogP contribution in [0.2, 0.25) is 0 Å². The number of carbonyl (C=O) groups excluding carboxylic acids is 1. The Morgan fingerprint density at radius 1 is 1.44 bits per heavy atom. The fourth-order valence-electron chi connectivity index (χ4n) is 2.32. The van der Waals surface area contributed by atoms with E-state index in [2.05, 4.69) is 16.0 Å². The zero-order chi connectivity index (χ0) is 12.5. The predicted molar refractivity (Wildman–Crippen MR) is 67.2 cm³/mol. The number of carbonyl (C=O) groups is 1. The molecule has 2 heterocycles. The van der Waals surface area contributed by atoms with Gasteiger partial charge < -0.3 is 4.74 Å². The lowest BCUT2D eigenvalue weighted by atomic mass is 9.91. The van der Waals surface area contributed by atoms with Crippen molar-refractivity contribution in [2.45, 2.75) is 12.5 Å². The van der Waals surface area contributed by atoms with E-state index in [1.165, 1.54) is 6.33 Å². The second kappa shape index (κ2) is 4.63. The molecule has 1 aliphatic heterocycles. The van der Waals surface area contributed by atoms with Gasteiger partial charge in [0.1, 0.15) is 12.0 Å². The summed E-state index contributed by atoms with van der Waals surface area (Å²) >= 11 is 6.22. The van der Waals surface area contributed by atoms with Crippen LogP contribution in [0.1, 0.15) is 22.6 Å². The summed E-state index contributed by atoms with van der Waals surface area (Å²) in [5, 5.41) is 0.696. The number of ether oxygens (including phenoxy) is 1. The summed E-state index contributed by atoms with van der Waals surface area (Å²) in [6.07, 6.45) is 7.01. The van der Waals surface area contributed by atoms with Crippen LogP contribution in [0.4, 0.5) is 0 Å². The Labute approximate surface area is 109 Å². The van der Waals surface area contributed by atoms with Crippen LogP contribution < -0.4 is 0 Å². The molecule has 92 valence electrons. The Bertz CT molecular complexity index is 554. The van der Waals surface area contributed by atoms with Gasteiger partial charge in [0, 0.05) is 17.6 Å². The normalized spacial score (nSPS) is 26.3. The smallest absolute Gasteiger partial charge is 0.168 e. The number of aromatic nitrogens is 2. The number of rotatable bonds is 2. The maximum absolute atomic E-state index is 10.7. The number of nitrogens with zero attached hydrogens (tertiary/aromatic N) is 2. The van der Waals surface area contributed by atoms with Crippen molar-refractivity contribution >= 4 is 23.5 Å². The zero-order valence-corrected chi connectivity index (χ0v) is 10.3. The molecule has 18 heavy (non-hydrogen) atoms. The highest BCUT2D eigenvalue weighted by atomic mass is 35.5. The largest absolute Gasteiger partial charge is 0.372 e. The van der Waals surface area contributed by atoms with Crippen LogP contribution in [-0.4, -0.2) is 29.0 Å². The van der Waals surface area contributed by atoms with Gasteiger partial charge in [-0.2, -0.15) is 0 Å². The molecule has 0 saturated carbocycles. The van der Waals surface area contributed by atoms with E-state index in [4.69, 9.17) is 16.3 Å². The first-order valence-corrected chi connectivity index (χ1v) is 6.14. The van der Waals surface area contributed by atoms with Gasteiger partial charge in [0.05, 0.1) is 11.8 Å². The molecule has 0 aromatic carbocycles. The van der Waals surface area contributed by atoms with E-state index in [0.717, 1.165) is 24.3 Å². The molecule has 0 spiro atoms. The van der Waals surface area contributed by atoms with Crippen LogP contribution in [0.5, 0.6) is 0 Å². The maximum Gasteiger partial charge on any atom is 0.168 e. The molecular formula is C13H11ClN2O2. The van der Waals surface area contributed by atoms with Gasteiger partial charge in [-0.15, -0.1) is 0 Å². The Kier molecular flexibility index (Phi) is 2.97. The van der Waals surface area contributed by atoms with Crippen molar-refractivity contribution in [1.82, 2.24) is 9.97 Å². The van der Waals surface area contributed by atoms with Gasteiger partial charge >= 0.3 is 0 Å². The molecular weight excluding hydrogens is 252 g/mol. The van der Waals surface area contributed by atoms with Crippen molar-refractivity contribution in [3.63, 3.8) is 0 Å². The Hall–Kier alpha value is -1.52. The Morgan fingerprint density at radius 3 is 3.17 bits per heavy atom. The third-order valence-corrected chi connectivity index (χ3v) is 3.53. The summed E-state index contributed by atoms with van der Waals surface area (Å²) in [6, 6.07) is 1.66. The van der Waals surface area contributed by atoms with Gasteiger partial charge in [-0.3, -0.25) is 4.79 Å². The molecule has 2 unspecified atom stereocenters. The quantitative estimate of drug-likeness (QED) is 0.767. The minimum Gasteiger partial charge on any atom is -0.372 e. The van der Waals surface area contributed by atoms with Crippen molar-refractivity contribution in [3.05, 3.63) is 41.0 Å². The molecule has 3 rings (SSSR count). The molecule has 1 saturated heterocycles. The molecule has 0 radical (unpaired) electrons. The Morgan fingerprint density at radius 2 is 2.33 bits per heavy atom. The number of fused-ring (bicyclic) bond motifs is 1. The second-order valence-electron chi connectivity index (χ2n) is 4.34. The average Bonchev–Trinajstić information content (AvgIpc) is 2.87. The Balaban J connectivity index is 1.99. The maximum atomic E-state index is 10.7. The molecule has 1 aliphatic carbocycles. The van der Waals surface area contributed by atoms with Gasteiger partial charge in [0.2, 0.25) is 0 Å². The van der Waals surface area contributed by atoms with Crippen LogP contribution in [-0.2, 0) is 4.74 Å². The highest BCUT2D eigenvalue weighted by molar-refractivity contribution is 6.31. The summed E-state index contributed by atoms with van der Waals surface area (Å²) in [7, 11) is 0. The minimum atomic E-state index is -0.0113. The summed E-state index contributed by atoms with van der Waals surface area (Å²) < 4.78 is 5.56. The summed E-state index contributed by atoms with van der Waals surface area (Å²) in [4.78, 5) is 18.7. The van der Waals surface area contributed by atoms with Crippen molar-refractivity contribution in [2.75, 3.05) is 6.61 Å². The molecule has 1 aromatic heterocycles. The molecule has 4 nitrogen and oxygen atoms in total. The highest BCUT2D eigenvalue weighted by Gasteiger charge is 2.32. The van der Waals surface area contributed by atoms with E-state index >= 15 is 0 Å². The second-order valence-corrected chi connectivity index (χ2v) is 4.78. The molecule has 2 atom stereocenters. The first-order chi connectivity index (χ1) is 8.78. The van der Waals surface area contributed by atoms with Gasteiger partial charge in [-0.05, 0) is 24.1 Å². The monoisotopic (exact) mass is 262 g/mol. The van der Waals surface area contributed by atoms with Crippen molar-refractivity contribution in [1.29, 1.82) is 0 Å². The molecule has 5 heteroatoms. The van der Waals surface area contributed by atoms with Crippen LogP contribution in [0.15, 0.2) is 29.6 Å². The number of hydrogen-bond donors (Lipinski definition) is 0. The van der Waals surface area contributed by atoms with E-state index in [1.807, 2.05) is 6.08 Å². The summed E-state index contributed by atoms with van der Waals surface area (Å²) in [5.74, 6) is 0.298. The third kappa shape index (κ3) is 1.98. The lowest BCUT2D eigenvalue weighted by molar-refractivity contribution is 0.111. The number of allylic oxidation sites excluding steroid dienone is 2. The first-order valence-electron chi connectivity index (χ1n) is 5.76. The van der Waals surface area contributed by atoms with Gasteiger partial charge in [-0.1, -0.05) is 17.7 Å². The van der Waals surface area contributed by atoms with E-state index < -0.39 is 0 Å². The molecule has 2 aliphatic rings. The average molecular weight is 263 g/mol. The number of aldehydes is 1. The molecule has 0 N–H and O–H groups in total. The summed E-state index contributed by atoms with van der Waals surface area (Å²) in [6.45, 7) is 0.729. The molecule has 0 amide bonds. The van der Waals surface area contributed by atoms with Crippen molar-refractivity contribution in [2.24, 2.45) is 5.92 Å². The molecule has 1 aromatic rings. The summed E-state index contributed by atoms with van der Waals surface area (Å²) in [5.41, 5.74) is 2.02.